The molecule has 1 aliphatic carbocycles. The lowest BCUT2D eigenvalue weighted by Gasteiger charge is -2.22. The first-order valence-corrected chi connectivity index (χ1v) is 13.2. The first-order valence-electron chi connectivity index (χ1n) is 10.9. The molecule has 3 aromatic rings. The number of sulfonamides is 1. The molecule has 1 aromatic heterocycles. The Morgan fingerprint density at radius 3 is 2.59 bits per heavy atom. The Morgan fingerprint density at radius 1 is 1.06 bits per heavy atom. The van der Waals surface area contributed by atoms with Crippen molar-refractivity contribution >= 4 is 32.2 Å². The van der Waals surface area contributed by atoms with Gasteiger partial charge in [0.15, 0.2) is 5.13 Å². The fourth-order valence-corrected chi connectivity index (χ4v) is 6.44. The molecule has 1 aliphatic rings. The summed E-state index contributed by atoms with van der Waals surface area (Å²) in [6, 6.07) is 12.9. The first kappa shape index (κ1) is 22.6. The number of hydrogen-bond donors (Lipinski definition) is 2. The molecule has 6 nitrogen and oxygen atoms in total. The maximum atomic E-state index is 13.2. The zero-order chi connectivity index (χ0) is 22.7. The first-order chi connectivity index (χ1) is 15.4. The molecule has 0 aliphatic heterocycles. The second-order valence-electron chi connectivity index (χ2n) is 8.23. The number of thiazole rings is 1. The van der Waals surface area contributed by atoms with Crippen molar-refractivity contribution < 1.29 is 13.2 Å². The van der Waals surface area contributed by atoms with Gasteiger partial charge in [-0.3, -0.25) is 4.72 Å². The second-order valence-corrected chi connectivity index (χ2v) is 10.9. The highest BCUT2D eigenvalue weighted by Crippen LogP contribution is 2.36. The lowest BCUT2D eigenvalue weighted by Crippen LogP contribution is -2.21. The number of aromatic nitrogens is 1. The van der Waals surface area contributed by atoms with Gasteiger partial charge in [-0.25, -0.2) is 13.4 Å². The predicted octanol–water partition coefficient (Wildman–Crippen LogP) is 5.98. The number of nitrogens with zero attached hydrogens (tertiary/aromatic N) is 1. The van der Waals surface area contributed by atoms with E-state index >= 15 is 0 Å². The van der Waals surface area contributed by atoms with Gasteiger partial charge in [-0.05, 0) is 56.0 Å². The zero-order valence-corrected chi connectivity index (χ0v) is 20.3. The molecule has 170 valence electrons. The smallest absolute Gasteiger partial charge is 0.262 e. The Bertz CT molecular complexity index is 1200. The SMILES string of the molecule is COc1cccc(NS(=O)(=O)c2cc(-c3sc(NC4CCCCC4)nc3C)ccc2C)c1. The van der Waals surface area contributed by atoms with Gasteiger partial charge in [-0.15, -0.1) is 0 Å². The fourth-order valence-electron chi connectivity index (χ4n) is 4.08. The molecule has 0 saturated heterocycles. The quantitative estimate of drug-likeness (QED) is 0.443. The van der Waals surface area contributed by atoms with E-state index in [1.165, 1.54) is 32.1 Å². The van der Waals surface area contributed by atoms with Crippen LogP contribution in [0.5, 0.6) is 5.75 Å². The van der Waals surface area contributed by atoms with Crippen molar-refractivity contribution in [2.45, 2.75) is 56.9 Å². The Labute approximate surface area is 194 Å². The van der Waals surface area contributed by atoms with Crippen LogP contribution in [0.4, 0.5) is 10.8 Å². The van der Waals surface area contributed by atoms with Crippen LogP contribution in [0.15, 0.2) is 47.4 Å². The van der Waals surface area contributed by atoms with E-state index in [1.807, 2.05) is 19.1 Å². The summed E-state index contributed by atoms with van der Waals surface area (Å²) >= 11 is 1.59. The lowest BCUT2D eigenvalue weighted by atomic mass is 9.96. The van der Waals surface area contributed by atoms with Gasteiger partial charge in [0.1, 0.15) is 5.75 Å². The largest absolute Gasteiger partial charge is 0.497 e. The molecule has 0 spiro atoms. The molecule has 1 heterocycles. The molecule has 0 atom stereocenters. The number of methoxy groups -OCH3 is 1. The van der Waals surface area contributed by atoms with E-state index in [1.54, 1.807) is 55.7 Å². The molecule has 4 rings (SSSR count). The Kier molecular flexibility index (Phi) is 6.71. The number of nitrogens with one attached hydrogen (secondary N) is 2. The van der Waals surface area contributed by atoms with Crippen LogP contribution in [0.2, 0.25) is 0 Å². The van der Waals surface area contributed by atoms with Crippen molar-refractivity contribution in [3.8, 4) is 16.2 Å². The van der Waals surface area contributed by atoms with Crippen LogP contribution in [0.3, 0.4) is 0 Å². The number of anilines is 2. The molecule has 2 N–H and O–H groups in total. The van der Waals surface area contributed by atoms with Gasteiger partial charge in [-0.1, -0.05) is 48.8 Å². The minimum absolute atomic E-state index is 0.257. The topological polar surface area (TPSA) is 80.3 Å². The highest BCUT2D eigenvalue weighted by atomic mass is 32.2. The average Bonchev–Trinajstić information content (AvgIpc) is 3.14. The van der Waals surface area contributed by atoms with Crippen LogP contribution in [0.1, 0.15) is 43.4 Å². The summed E-state index contributed by atoms with van der Waals surface area (Å²) in [5.41, 5.74) is 2.91. The summed E-state index contributed by atoms with van der Waals surface area (Å²) in [6.07, 6.45) is 6.18. The van der Waals surface area contributed by atoms with Crippen molar-refractivity contribution in [2.24, 2.45) is 0 Å². The molecular formula is C24H29N3O3S2. The van der Waals surface area contributed by atoms with Crippen LogP contribution >= 0.6 is 11.3 Å². The third-order valence-electron chi connectivity index (χ3n) is 5.79. The van der Waals surface area contributed by atoms with E-state index in [4.69, 9.17) is 9.72 Å². The normalized spacial score (nSPS) is 14.8. The van der Waals surface area contributed by atoms with Crippen molar-refractivity contribution in [3.63, 3.8) is 0 Å². The molecule has 1 fully saturated rings. The molecular weight excluding hydrogens is 442 g/mol. The standard InChI is InChI=1S/C24H29N3O3S2/c1-16-12-13-18(23-17(2)25-24(31-23)26-19-8-5-4-6-9-19)14-22(16)32(28,29)27-20-10-7-11-21(15-20)30-3/h7,10-15,19,27H,4-6,8-9H2,1-3H3,(H,25,26). The third-order valence-corrected chi connectivity index (χ3v) is 8.45. The highest BCUT2D eigenvalue weighted by Gasteiger charge is 2.21. The van der Waals surface area contributed by atoms with Crippen molar-refractivity contribution in [3.05, 3.63) is 53.7 Å². The van der Waals surface area contributed by atoms with Crippen LogP contribution in [-0.4, -0.2) is 26.6 Å². The Morgan fingerprint density at radius 2 is 1.84 bits per heavy atom. The van der Waals surface area contributed by atoms with Gasteiger partial charge in [0.2, 0.25) is 0 Å². The summed E-state index contributed by atoms with van der Waals surface area (Å²) < 4.78 is 34.2. The molecule has 0 amide bonds. The van der Waals surface area contributed by atoms with Gasteiger partial charge < -0.3 is 10.1 Å². The van der Waals surface area contributed by atoms with Gasteiger partial charge in [0.05, 0.1) is 28.3 Å². The minimum Gasteiger partial charge on any atom is -0.497 e. The van der Waals surface area contributed by atoms with Crippen LogP contribution < -0.4 is 14.8 Å². The van der Waals surface area contributed by atoms with Crippen molar-refractivity contribution in [1.29, 1.82) is 0 Å². The van der Waals surface area contributed by atoms with E-state index in [-0.39, 0.29) is 4.90 Å². The molecule has 8 heteroatoms. The van der Waals surface area contributed by atoms with Gasteiger partial charge in [0, 0.05) is 12.1 Å². The number of ether oxygens (including phenoxy) is 1. The Hall–Kier alpha value is -2.58. The van der Waals surface area contributed by atoms with E-state index < -0.39 is 10.0 Å². The highest BCUT2D eigenvalue weighted by molar-refractivity contribution is 7.92. The van der Waals surface area contributed by atoms with Crippen LogP contribution in [0, 0.1) is 13.8 Å². The molecule has 0 bridgehead atoms. The molecule has 2 aromatic carbocycles. The monoisotopic (exact) mass is 471 g/mol. The van der Waals surface area contributed by atoms with Crippen LogP contribution in [-0.2, 0) is 10.0 Å². The summed E-state index contributed by atoms with van der Waals surface area (Å²) in [4.78, 5) is 5.95. The summed E-state index contributed by atoms with van der Waals surface area (Å²) in [5, 5.41) is 4.48. The summed E-state index contributed by atoms with van der Waals surface area (Å²) in [7, 11) is -2.21. The van der Waals surface area contributed by atoms with E-state index in [0.717, 1.165) is 21.3 Å². The summed E-state index contributed by atoms with van der Waals surface area (Å²) in [5.74, 6) is 0.592. The molecule has 1 saturated carbocycles. The fraction of sp³-hybridized carbons (Fsp3) is 0.375. The molecule has 32 heavy (non-hydrogen) atoms. The number of aryl methyl sites for hydroxylation is 2. The lowest BCUT2D eigenvalue weighted by molar-refractivity contribution is 0.415. The van der Waals surface area contributed by atoms with E-state index in [0.29, 0.717) is 23.0 Å². The maximum absolute atomic E-state index is 13.2. The summed E-state index contributed by atoms with van der Waals surface area (Å²) in [6.45, 7) is 3.78. The molecule has 0 unspecified atom stereocenters. The minimum atomic E-state index is -3.77. The number of rotatable bonds is 7. The number of benzene rings is 2. The van der Waals surface area contributed by atoms with Gasteiger partial charge in [-0.2, -0.15) is 0 Å². The Balaban J connectivity index is 1.61. The predicted molar refractivity (Wildman–Crippen MR) is 131 cm³/mol. The van der Waals surface area contributed by atoms with Gasteiger partial charge in [0.25, 0.3) is 10.0 Å². The van der Waals surface area contributed by atoms with E-state index in [2.05, 4.69) is 10.0 Å². The number of hydrogen-bond acceptors (Lipinski definition) is 6. The maximum Gasteiger partial charge on any atom is 0.262 e. The second kappa shape index (κ2) is 9.50. The average molecular weight is 472 g/mol. The molecule has 0 radical (unpaired) electrons. The zero-order valence-electron chi connectivity index (χ0n) is 18.6. The van der Waals surface area contributed by atoms with Crippen molar-refractivity contribution in [2.75, 3.05) is 17.1 Å². The van der Waals surface area contributed by atoms with Crippen molar-refractivity contribution in [1.82, 2.24) is 4.98 Å². The van der Waals surface area contributed by atoms with Crippen LogP contribution in [0.25, 0.3) is 10.4 Å². The van der Waals surface area contributed by atoms with E-state index in [9.17, 15) is 8.42 Å². The third kappa shape index (κ3) is 5.07. The van der Waals surface area contributed by atoms with Gasteiger partial charge >= 0.3 is 0 Å².